The number of hydrogen-bond donors (Lipinski definition) is 4. The summed E-state index contributed by atoms with van der Waals surface area (Å²) in [5.74, 6) is -5.91. The van der Waals surface area contributed by atoms with Crippen LogP contribution >= 0.6 is 35.0 Å². The number of aliphatic hydroxyl groups is 2. The number of anilines is 2. The van der Waals surface area contributed by atoms with E-state index in [9.17, 15) is 19.8 Å². The molecule has 446 valence electrons. The highest BCUT2D eigenvalue weighted by Gasteiger charge is 2.62. The van der Waals surface area contributed by atoms with E-state index < -0.39 is 119 Å². The molecule has 1 amide bonds. The number of rotatable bonds is 16. The molecular weight excluding hydrogens is 1100 g/mol. The lowest BCUT2D eigenvalue weighted by Gasteiger charge is -2.50. The zero-order valence-corrected chi connectivity index (χ0v) is 51.0. The molecule has 21 nitrogen and oxygen atoms in total. The van der Waals surface area contributed by atoms with Crippen LogP contribution in [0.25, 0.3) is 11.0 Å². The molecule has 19 atom stereocenters. The van der Waals surface area contributed by atoms with Crippen LogP contribution in [0.1, 0.15) is 112 Å². The second kappa shape index (κ2) is 26.0. The maximum atomic E-state index is 15.4. The number of thioether (sulfide) groups is 1. The number of methoxy groups -OCH3 is 2. The zero-order chi connectivity index (χ0) is 58.9. The summed E-state index contributed by atoms with van der Waals surface area (Å²) < 4.78 is 53.7. The van der Waals surface area contributed by atoms with Crippen molar-refractivity contribution in [2.75, 3.05) is 51.2 Å². The Kier molecular flexibility index (Phi) is 20.7. The number of aromatic nitrogens is 4. The molecule has 80 heavy (non-hydrogen) atoms. The first-order valence-corrected chi connectivity index (χ1v) is 29.5. The smallest absolute Gasteiger partial charge is 0.320 e. The SMILES string of the molecule is CC[C@H]1OC(=O)[C@H](C)[C@@H](O[C@H]2C[C@@](C)(OC)[C@@H](O)[C@H](C)O2)[C@H](C)[C@@H](O[C@@H]2O[C@H](C)C[C@H](N(C)C)[C@H]2O)[C@](C)(OC)C[C@@H](C)C(=O)[C@H](C)[C@H]2[C@H](SCCNc3c(C(=O)Nc4c(Cl)cncc4Cl)cnc4c3cnn4CC)C(=O)O[C@@]21C. The number of carbonyl (C=O) groups is 4. The first kappa shape index (κ1) is 63.8. The number of aliphatic hydroxyl groups excluding tert-OH is 2. The molecule has 3 aromatic rings. The Morgan fingerprint density at radius 1 is 0.900 bits per heavy atom. The molecule has 0 unspecified atom stereocenters. The fourth-order valence-corrected chi connectivity index (χ4v) is 14.4. The van der Waals surface area contributed by atoms with Gasteiger partial charge < -0.3 is 63.6 Å². The van der Waals surface area contributed by atoms with Crippen molar-refractivity contribution in [3.63, 3.8) is 0 Å². The Labute approximate surface area is 483 Å². The molecule has 7 heterocycles. The molecule has 0 saturated carbocycles. The van der Waals surface area contributed by atoms with E-state index in [1.165, 1.54) is 44.6 Å². The number of fused-ring (bicyclic) bond motifs is 2. The third-order valence-electron chi connectivity index (χ3n) is 17.3. The topological polar surface area (TPSA) is 253 Å². The van der Waals surface area contributed by atoms with Crippen molar-refractivity contribution in [1.29, 1.82) is 0 Å². The van der Waals surface area contributed by atoms with Gasteiger partial charge in [-0.15, -0.1) is 11.8 Å². The summed E-state index contributed by atoms with van der Waals surface area (Å²) in [6.45, 7) is 20.6. The van der Waals surface area contributed by atoms with E-state index in [2.05, 4.69) is 25.7 Å². The standard InChI is InChI=1S/C56H83Cl2N7O14S/c1-16-38-56(11)40(46(52(71)79-56)80-19-18-60-41-33-24-62-65(17-2)49(33)61-23-34(41)50(69)63-42-35(57)25-59-26-36(42)58)29(5)43(66)27(3)21-55(10,73-15)48(78-53-44(67)37(64(12)13)20-28(4)74-53)30(6)45(31(7)51(70)76-38)77-39-22-54(9,72-14)47(68)32(8)75-39/h23-32,37-40,44-48,53,67-68H,16-22H2,1-15H3,(H,60,61)(H,59,63,69)/t27-,28-,29-,30+,31-,32+,37+,38-,39+,40+,44-,45+,46+,47+,48-,53+,54-,55-,56-/m1/s1. The third kappa shape index (κ3) is 12.8. The molecule has 4 N–H and O–H groups in total. The predicted molar refractivity (Wildman–Crippen MR) is 303 cm³/mol. The van der Waals surface area contributed by atoms with E-state index in [0.717, 1.165) is 0 Å². The van der Waals surface area contributed by atoms with Gasteiger partial charge in [-0.1, -0.05) is 50.9 Å². The monoisotopic (exact) mass is 1180 g/mol. The number of amides is 1. The van der Waals surface area contributed by atoms with Crippen LogP contribution < -0.4 is 10.6 Å². The molecule has 0 radical (unpaired) electrons. The maximum absolute atomic E-state index is 15.4. The van der Waals surface area contributed by atoms with Gasteiger partial charge in [-0.25, -0.2) is 9.67 Å². The summed E-state index contributed by atoms with van der Waals surface area (Å²) in [7, 11) is 6.80. The summed E-state index contributed by atoms with van der Waals surface area (Å²) in [5.41, 5.74) is -2.58. The molecule has 7 rings (SSSR count). The average Bonchev–Trinajstić information content (AvgIpc) is 4.16. The number of esters is 2. The van der Waals surface area contributed by atoms with E-state index >= 15 is 9.59 Å². The highest BCUT2D eigenvalue weighted by Crippen LogP contribution is 2.50. The van der Waals surface area contributed by atoms with Gasteiger partial charge >= 0.3 is 11.9 Å². The van der Waals surface area contributed by atoms with Crippen LogP contribution in [0.3, 0.4) is 0 Å². The summed E-state index contributed by atoms with van der Waals surface area (Å²) in [4.78, 5) is 69.5. The first-order chi connectivity index (χ1) is 37.7. The molecule has 0 bridgehead atoms. The van der Waals surface area contributed by atoms with Crippen LogP contribution in [0.5, 0.6) is 0 Å². The van der Waals surface area contributed by atoms with E-state index in [1.807, 2.05) is 60.5 Å². The Balaban J connectivity index is 1.24. The Bertz CT molecular complexity index is 2670. The van der Waals surface area contributed by atoms with E-state index in [1.54, 1.807) is 45.5 Å². The second-order valence-electron chi connectivity index (χ2n) is 23.0. The van der Waals surface area contributed by atoms with Gasteiger partial charge in [0.05, 0.1) is 80.1 Å². The van der Waals surface area contributed by atoms with Crippen molar-refractivity contribution in [1.82, 2.24) is 24.6 Å². The maximum Gasteiger partial charge on any atom is 0.320 e. The molecule has 4 aliphatic rings. The van der Waals surface area contributed by atoms with Crippen molar-refractivity contribution in [2.45, 2.75) is 192 Å². The van der Waals surface area contributed by atoms with Gasteiger partial charge in [-0.3, -0.25) is 24.2 Å². The Hall–Kier alpha value is -3.78. The largest absolute Gasteiger partial charge is 0.458 e. The normalized spacial score (nSPS) is 37.5. The number of carbonyl (C=O) groups excluding carboxylic acids is 4. The van der Waals surface area contributed by atoms with Crippen LogP contribution in [0.15, 0.2) is 24.8 Å². The molecule has 0 spiro atoms. The van der Waals surface area contributed by atoms with Crippen LogP contribution in [0.2, 0.25) is 10.0 Å². The highest BCUT2D eigenvalue weighted by atomic mass is 35.5. The number of nitrogens with one attached hydrogen (secondary N) is 2. The molecule has 24 heteroatoms. The van der Waals surface area contributed by atoms with E-state index in [-0.39, 0.29) is 70.8 Å². The number of Topliss-reactive ketones (excluding diaryl/α,β-unsaturated/α-hetero) is 1. The van der Waals surface area contributed by atoms with Gasteiger partial charge in [-0.05, 0) is 81.8 Å². The number of ether oxygens (including phenoxy) is 8. The quantitative estimate of drug-likeness (QED) is 0.0817. The van der Waals surface area contributed by atoms with Gasteiger partial charge in [-0.2, -0.15) is 5.10 Å². The minimum atomic E-state index is -1.50. The summed E-state index contributed by atoms with van der Waals surface area (Å²) in [5, 5.41) is 33.7. The Morgan fingerprint density at radius 2 is 1.57 bits per heavy atom. The Morgan fingerprint density at radius 3 is 2.20 bits per heavy atom. The van der Waals surface area contributed by atoms with Gasteiger partial charge in [0.1, 0.15) is 29.3 Å². The number of cyclic esters (lactones) is 1. The highest BCUT2D eigenvalue weighted by molar-refractivity contribution is 8.00. The lowest BCUT2D eigenvalue weighted by Crippen LogP contribution is -2.61. The van der Waals surface area contributed by atoms with E-state index in [0.29, 0.717) is 29.7 Å². The fourth-order valence-electron chi connectivity index (χ4n) is 12.6. The minimum absolute atomic E-state index is 0.0921. The minimum Gasteiger partial charge on any atom is -0.458 e. The van der Waals surface area contributed by atoms with Gasteiger partial charge in [0.15, 0.2) is 23.8 Å². The van der Waals surface area contributed by atoms with Crippen molar-refractivity contribution >= 4 is 81.0 Å². The molecule has 4 saturated heterocycles. The lowest BCUT2D eigenvalue weighted by molar-refractivity contribution is -0.319. The van der Waals surface area contributed by atoms with Crippen LogP contribution in [-0.2, 0) is 58.8 Å². The number of pyridine rings is 2. The fraction of sp³-hybridized carbons (Fsp3) is 0.732. The number of halogens is 2. The van der Waals surface area contributed by atoms with Crippen LogP contribution in [0, 0.1) is 29.6 Å². The van der Waals surface area contributed by atoms with E-state index in [4.69, 9.17) is 61.1 Å². The summed E-state index contributed by atoms with van der Waals surface area (Å²) in [6, 6.07) is -0.332. The van der Waals surface area contributed by atoms with Crippen molar-refractivity contribution in [3.8, 4) is 0 Å². The number of likely N-dealkylation sites (N-methyl/N-ethyl adjacent to an activating group) is 1. The van der Waals surface area contributed by atoms with Crippen molar-refractivity contribution < 1.29 is 67.3 Å². The van der Waals surface area contributed by atoms with Crippen molar-refractivity contribution in [2.24, 2.45) is 29.6 Å². The van der Waals surface area contributed by atoms with Gasteiger partial charge in [0.2, 0.25) is 0 Å². The number of hydrogen-bond acceptors (Lipinski definition) is 20. The van der Waals surface area contributed by atoms with Crippen LogP contribution in [-0.4, -0.2) is 183 Å². The second-order valence-corrected chi connectivity index (χ2v) is 25.1. The van der Waals surface area contributed by atoms with Gasteiger partial charge in [0.25, 0.3) is 5.91 Å². The predicted octanol–water partition coefficient (Wildman–Crippen LogP) is 7.19. The van der Waals surface area contributed by atoms with Crippen LogP contribution in [0.4, 0.5) is 11.4 Å². The average molecular weight is 1180 g/mol. The molecule has 0 aromatic carbocycles. The first-order valence-electron chi connectivity index (χ1n) is 27.7. The summed E-state index contributed by atoms with van der Waals surface area (Å²) in [6.07, 6.45) is -1.69. The van der Waals surface area contributed by atoms with Crippen molar-refractivity contribution in [3.05, 3.63) is 40.4 Å². The summed E-state index contributed by atoms with van der Waals surface area (Å²) >= 11 is 14.1. The number of nitrogens with zero attached hydrogens (tertiary/aromatic N) is 5. The molecule has 0 aliphatic carbocycles. The number of ketones is 1. The molecule has 4 aliphatic heterocycles. The third-order valence-corrected chi connectivity index (χ3v) is 19.1. The molecular formula is C56H83Cl2N7O14S. The lowest BCUT2D eigenvalue weighted by atomic mass is 9.70. The van der Waals surface area contributed by atoms with Gasteiger partial charge in [0, 0.05) is 87.8 Å². The zero-order valence-electron chi connectivity index (χ0n) is 48.7. The molecule has 3 aromatic heterocycles. The molecule has 4 fully saturated rings. The number of aryl methyl sites for hydroxylation is 1.